The molecular formula is C13H21N3O2. The van der Waals surface area contributed by atoms with Gasteiger partial charge in [0.2, 0.25) is 5.91 Å². The lowest BCUT2D eigenvalue weighted by molar-refractivity contribution is -0.130. The highest BCUT2D eigenvalue weighted by Crippen LogP contribution is 2.22. The number of nitrogens with one attached hydrogen (secondary N) is 1. The van der Waals surface area contributed by atoms with Crippen LogP contribution in [-0.4, -0.2) is 36.1 Å². The molecule has 0 aromatic carbocycles. The Kier molecular flexibility index (Phi) is 4.33. The molecule has 0 aromatic rings. The second-order valence-corrected chi connectivity index (χ2v) is 5.18. The van der Waals surface area contributed by atoms with Gasteiger partial charge in [0.15, 0.2) is 0 Å². The van der Waals surface area contributed by atoms with E-state index in [-0.39, 0.29) is 11.8 Å². The molecule has 100 valence electrons. The molecule has 2 rings (SSSR count). The molecule has 1 saturated carbocycles. The Hall–Kier alpha value is -1.39. The minimum absolute atomic E-state index is 0.0289. The molecule has 1 aliphatic carbocycles. The second kappa shape index (κ2) is 5.98. The zero-order chi connectivity index (χ0) is 13.0. The standard InChI is InChI=1S/C13H21N3O2/c1-16-12(17)8-7-11(15-16)13(18)14-9-10-5-3-2-4-6-10/h10H,2-9H2,1H3,(H,14,18). The normalized spacial score (nSPS) is 21.7. The number of carbonyl (C=O) groups excluding carboxylic acids is 2. The van der Waals surface area contributed by atoms with Crippen molar-refractivity contribution in [1.82, 2.24) is 10.3 Å². The molecule has 1 N–H and O–H groups in total. The summed E-state index contributed by atoms with van der Waals surface area (Å²) < 4.78 is 0. The summed E-state index contributed by atoms with van der Waals surface area (Å²) in [5.74, 6) is 0.477. The molecule has 2 amide bonds. The lowest BCUT2D eigenvalue weighted by Crippen LogP contribution is -2.39. The van der Waals surface area contributed by atoms with Crippen LogP contribution in [0.25, 0.3) is 0 Å². The zero-order valence-corrected chi connectivity index (χ0v) is 10.9. The molecule has 1 fully saturated rings. The van der Waals surface area contributed by atoms with Gasteiger partial charge >= 0.3 is 0 Å². The van der Waals surface area contributed by atoms with E-state index in [2.05, 4.69) is 10.4 Å². The van der Waals surface area contributed by atoms with Crippen molar-refractivity contribution >= 4 is 17.5 Å². The molecule has 0 bridgehead atoms. The molecule has 5 nitrogen and oxygen atoms in total. The van der Waals surface area contributed by atoms with E-state index in [0.717, 1.165) is 6.54 Å². The number of nitrogens with zero attached hydrogens (tertiary/aromatic N) is 2. The number of rotatable bonds is 3. The SMILES string of the molecule is CN1N=C(C(=O)NCC2CCCCC2)CCC1=O. The van der Waals surface area contributed by atoms with Crippen molar-refractivity contribution in [1.29, 1.82) is 0 Å². The molecule has 0 spiro atoms. The van der Waals surface area contributed by atoms with E-state index in [1.807, 2.05) is 0 Å². The third-order valence-corrected chi connectivity index (χ3v) is 3.75. The second-order valence-electron chi connectivity index (χ2n) is 5.18. The van der Waals surface area contributed by atoms with Crippen LogP contribution in [0, 0.1) is 5.92 Å². The summed E-state index contributed by atoms with van der Waals surface area (Å²) in [6, 6.07) is 0. The first-order valence-corrected chi connectivity index (χ1v) is 6.79. The van der Waals surface area contributed by atoms with Gasteiger partial charge in [-0.2, -0.15) is 5.10 Å². The Balaban J connectivity index is 1.80. The van der Waals surface area contributed by atoms with Gasteiger partial charge in [0.05, 0.1) is 0 Å². The van der Waals surface area contributed by atoms with Crippen molar-refractivity contribution in [3.05, 3.63) is 0 Å². The fraction of sp³-hybridized carbons (Fsp3) is 0.769. The van der Waals surface area contributed by atoms with Gasteiger partial charge in [0.25, 0.3) is 5.91 Å². The summed E-state index contributed by atoms with van der Waals surface area (Å²) in [5, 5.41) is 8.23. The van der Waals surface area contributed by atoms with Crippen molar-refractivity contribution in [3.8, 4) is 0 Å². The van der Waals surface area contributed by atoms with E-state index in [9.17, 15) is 9.59 Å². The first-order chi connectivity index (χ1) is 8.66. The van der Waals surface area contributed by atoms with Crippen LogP contribution in [0.5, 0.6) is 0 Å². The van der Waals surface area contributed by atoms with Gasteiger partial charge in [-0.05, 0) is 18.8 Å². The maximum Gasteiger partial charge on any atom is 0.267 e. The van der Waals surface area contributed by atoms with Crippen molar-refractivity contribution in [2.75, 3.05) is 13.6 Å². The van der Waals surface area contributed by atoms with Crippen LogP contribution in [0.3, 0.4) is 0 Å². The lowest BCUT2D eigenvalue weighted by Gasteiger charge is -2.23. The Morgan fingerprint density at radius 2 is 2.06 bits per heavy atom. The molecule has 1 heterocycles. The smallest absolute Gasteiger partial charge is 0.267 e. The van der Waals surface area contributed by atoms with Crippen molar-refractivity contribution in [2.45, 2.75) is 44.9 Å². The summed E-state index contributed by atoms with van der Waals surface area (Å²) in [6.07, 6.45) is 7.14. The third kappa shape index (κ3) is 3.31. The quantitative estimate of drug-likeness (QED) is 0.821. The van der Waals surface area contributed by atoms with Crippen LogP contribution in [0.15, 0.2) is 5.10 Å². The topological polar surface area (TPSA) is 61.8 Å². The van der Waals surface area contributed by atoms with E-state index in [1.54, 1.807) is 7.05 Å². The van der Waals surface area contributed by atoms with Crippen LogP contribution in [0.2, 0.25) is 0 Å². The van der Waals surface area contributed by atoms with Crippen LogP contribution in [0.1, 0.15) is 44.9 Å². The van der Waals surface area contributed by atoms with E-state index in [0.29, 0.717) is 24.5 Å². The van der Waals surface area contributed by atoms with Crippen molar-refractivity contribution in [3.63, 3.8) is 0 Å². The predicted molar refractivity (Wildman–Crippen MR) is 69.0 cm³/mol. The van der Waals surface area contributed by atoms with Crippen LogP contribution < -0.4 is 5.32 Å². The number of carbonyl (C=O) groups is 2. The fourth-order valence-electron chi connectivity index (χ4n) is 2.56. The van der Waals surface area contributed by atoms with Gasteiger partial charge in [-0.25, -0.2) is 5.01 Å². The summed E-state index contributed by atoms with van der Waals surface area (Å²) in [4.78, 5) is 23.2. The fourth-order valence-corrected chi connectivity index (χ4v) is 2.56. The van der Waals surface area contributed by atoms with E-state index >= 15 is 0 Å². The molecule has 0 aromatic heterocycles. The lowest BCUT2D eigenvalue weighted by atomic mass is 9.89. The molecule has 5 heteroatoms. The molecule has 0 atom stereocenters. The van der Waals surface area contributed by atoms with Gasteiger partial charge < -0.3 is 5.32 Å². The molecular weight excluding hydrogens is 230 g/mol. The maximum absolute atomic E-state index is 11.9. The van der Waals surface area contributed by atoms with Gasteiger partial charge in [-0.3, -0.25) is 9.59 Å². The molecule has 0 unspecified atom stereocenters. The van der Waals surface area contributed by atoms with E-state index in [4.69, 9.17) is 0 Å². The Morgan fingerprint density at radius 3 is 2.72 bits per heavy atom. The Bertz CT molecular complexity index is 359. The number of amides is 2. The van der Waals surface area contributed by atoms with Crippen LogP contribution in [-0.2, 0) is 9.59 Å². The minimum atomic E-state index is -0.111. The third-order valence-electron chi connectivity index (χ3n) is 3.75. The Labute approximate surface area is 108 Å². The van der Waals surface area contributed by atoms with E-state index in [1.165, 1.54) is 37.1 Å². The summed E-state index contributed by atoms with van der Waals surface area (Å²) in [5.41, 5.74) is 0.480. The summed E-state index contributed by atoms with van der Waals surface area (Å²) in [7, 11) is 1.59. The number of hydrogen-bond donors (Lipinski definition) is 1. The Morgan fingerprint density at radius 1 is 1.33 bits per heavy atom. The van der Waals surface area contributed by atoms with Gasteiger partial charge in [0, 0.05) is 26.4 Å². The van der Waals surface area contributed by atoms with Crippen molar-refractivity contribution in [2.24, 2.45) is 11.0 Å². The maximum atomic E-state index is 11.9. The highest BCUT2D eigenvalue weighted by Gasteiger charge is 2.22. The molecule has 0 saturated heterocycles. The average molecular weight is 251 g/mol. The number of hydrazone groups is 1. The largest absolute Gasteiger partial charge is 0.351 e. The van der Waals surface area contributed by atoms with Crippen molar-refractivity contribution < 1.29 is 9.59 Å². The minimum Gasteiger partial charge on any atom is -0.351 e. The summed E-state index contributed by atoms with van der Waals surface area (Å²) in [6.45, 7) is 0.746. The molecule has 2 aliphatic rings. The first-order valence-electron chi connectivity index (χ1n) is 6.79. The van der Waals surface area contributed by atoms with Gasteiger partial charge in [-0.15, -0.1) is 0 Å². The van der Waals surface area contributed by atoms with Crippen LogP contribution in [0.4, 0.5) is 0 Å². The monoisotopic (exact) mass is 251 g/mol. The highest BCUT2D eigenvalue weighted by molar-refractivity contribution is 6.39. The highest BCUT2D eigenvalue weighted by atomic mass is 16.2. The predicted octanol–water partition coefficient (Wildman–Crippen LogP) is 1.29. The van der Waals surface area contributed by atoms with Gasteiger partial charge in [-0.1, -0.05) is 19.3 Å². The zero-order valence-electron chi connectivity index (χ0n) is 10.9. The molecule has 1 aliphatic heterocycles. The number of hydrogen-bond acceptors (Lipinski definition) is 3. The molecule has 0 radical (unpaired) electrons. The van der Waals surface area contributed by atoms with Crippen LogP contribution >= 0.6 is 0 Å². The average Bonchev–Trinajstić information content (AvgIpc) is 2.40. The molecule has 18 heavy (non-hydrogen) atoms. The van der Waals surface area contributed by atoms with Gasteiger partial charge in [0.1, 0.15) is 5.71 Å². The summed E-state index contributed by atoms with van der Waals surface area (Å²) >= 11 is 0. The van der Waals surface area contributed by atoms with E-state index < -0.39 is 0 Å². The first kappa shape index (κ1) is 13.1.